The molecule has 11 heteroatoms. The average molecular weight is 497 g/mol. The third kappa shape index (κ3) is 9.36. The molecule has 0 atom stereocenters. The fraction of sp³-hybridized carbons (Fsp3) is 0.375. The molecule has 0 aromatic heterocycles. The molecule has 3 rings (SSSR count). The summed E-state index contributed by atoms with van der Waals surface area (Å²) in [5.74, 6) is -3.14. The Morgan fingerprint density at radius 1 is 1.00 bits per heavy atom. The molecule has 1 aliphatic heterocycles. The Morgan fingerprint density at radius 3 is 2.06 bits per heavy atom. The average Bonchev–Trinajstić information content (AvgIpc) is 2.83. The van der Waals surface area contributed by atoms with E-state index >= 15 is 0 Å². The normalized spacial score (nSPS) is 13.5. The minimum Gasteiger partial charge on any atom is -0.475 e. The van der Waals surface area contributed by atoms with Gasteiger partial charge in [0.15, 0.2) is 0 Å². The van der Waals surface area contributed by atoms with E-state index < -0.39 is 12.1 Å². The van der Waals surface area contributed by atoms with Gasteiger partial charge >= 0.3 is 12.1 Å². The van der Waals surface area contributed by atoms with E-state index in [-0.39, 0.29) is 24.1 Å². The molecule has 0 unspecified atom stereocenters. The summed E-state index contributed by atoms with van der Waals surface area (Å²) in [5.41, 5.74) is 2.49. The van der Waals surface area contributed by atoms with E-state index in [1.807, 2.05) is 24.0 Å². The second-order valence-corrected chi connectivity index (χ2v) is 7.90. The van der Waals surface area contributed by atoms with Crippen molar-refractivity contribution in [2.75, 3.05) is 32.7 Å². The third-order valence-corrected chi connectivity index (χ3v) is 5.18. The quantitative estimate of drug-likeness (QED) is 0.599. The number of halogens is 4. The molecule has 0 bridgehead atoms. The fourth-order valence-corrected chi connectivity index (χ4v) is 3.24. The van der Waals surface area contributed by atoms with Crippen LogP contribution in [0.25, 0.3) is 0 Å². The van der Waals surface area contributed by atoms with Gasteiger partial charge in [0, 0.05) is 51.3 Å². The molecular weight excluding hydrogens is 470 g/mol. The van der Waals surface area contributed by atoms with Crippen molar-refractivity contribution in [1.29, 1.82) is 0 Å². The van der Waals surface area contributed by atoms with Crippen LogP contribution in [0.5, 0.6) is 0 Å². The number of nitrogens with zero attached hydrogens (tertiary/aromatic N) is 2. The second-order valence-electron chi connectivity index (χ2n) is 7.90. The van der Waals surface area contributed by atoms with Crippen LogP contribution < -0.4 is 5.32 Å². The van der Waals surface area contributed by atoms with Crippen LogP contribution in [0.2, 0.25) is 0 Å². The Bertz CT molecular complexity index is 989. The number of alkyl halides is 3. The molecule has 2 N–H and O–H groups in total. The first-order valence-electron chi connectivity index (χ1n) is 10.9. The number of rotatable bonds is 6. The number of hydrogen-bond donors (Lipinski definition) is 2. The van der Waals surface area contributed by atoms with Gasteiger partial charge in [-0.2, -0.15) is 13.2 Å². The highest BCUT2D eigenvalue weighted by Crippen LogP contribution is 2.14. The number of aliphatic carboxylic acids is 1. The molecule has 1 heterocycles. The minimum atomic E-state index is -5.08. The summed E-state index contributed by atoms with van der Waals surface area (Å²) in [7, 11) is 0. The third-order valence-electron chi connectivity index (χ3n) is 5.18. The van der Waals surface area contributed by atoms with Gasteiger partial charge in [-0.3, -0.25) is 9.59 Å². The number of carbonyl (C=O) groups excluding carboxylic acids is 2. The monoisotopic (exact) mass is 497 g/mol. The van der Waals surface area contributed by atoms with Crippen LogP contribution in [0.15, 0.2) is 48.5 Å². The van der Waals surface area contributed by atoms with Crippen LogP contribution in [-0.4, -0.2) is 71.6 Å². The number of carbonyl (C=O) groups is 3. The lowest BCUT2D eigenvalue weighted by molar-refractivity contribution is -0.192. The fourth-order valence-electron chi connectivity index (χ4n) is 3.24. The zero-order chi connectivity index (χ0) is 26.0. The molecule has 1 fully saturated rings. The van der Waals surface area contributed by atoms with E-state index in [1.54, 1.807) is 29.2 Å². The topological polar surface area (TPSA) is 90.0 Å². The summed E-state index contributed by atoms with van der Waals surface area (Å²) in [5, 5.41) is 10.4. The summed E-state index contributed by atoms with van der Waals surface area (Å²) < 4.78 is 44.9. The number of carboxylic acid groups (broad SMARTS) is 1. The van der Waals surface area contributed by atoms with Gasteiger partial charge in [-0.25, -0.2) is 9.18 Å². The van der Waals surface area contributed by atoms with Gasteiger partial charge in [0.1, 0.15) is 5.82 Å². The lowest BCUT2D eigenvalue weighted by Gasteiger charge is -2.29. The smallest absolute Gasteiger partial charge is 0.475 e. The molecule has 0 saturated carbocycles. The predicted molar refractivity (Wildman–Crippen MR) is 120 cm³/mol. The summed E-state index contributed by atoms with van der Waals surface area (Å²) >= 11 is 0. The van der Waals surface area contributed by atoms with Crippen molar-refractivity contribution in [3.05, 3.63) is 71.0 Å². The summed E-state index contributed by atoms with van der Waals surface area (Å²) in [4.78, 5) is 37.9. The lowest BCUT2D eigenvalue weighted by atomic mass is 10.1. The highest BCUT2D eigenvalue weighted by Gasteiger charge is 2.38. The first kappa shape index (κ1) is 27.8. The molecule has 190 valence electrons. The maximum atomic E-state index is 13.2. The Morgan fingerprint density at radius 2 is 1.54 bits per heavy atom. The molecule has 2 aromatic rings. The van der Waals surface area contributed by atoms with Crippen molar-refractivity contribution in [2.24, 2.45) is 0 Å². The molecule has 1 saturated heterocycles. The van der Waals surface area contributed by atoms with Gasteiger partial charge in [0.05, 0.1) is 0 Å². The zero-order valence-corrected chi connectivity index (χ0v) is 19.1. The van der Waals surface area contributed by atoms with Gasteiger partial charge in [0.25, 0.3) is 5.91 Å². The first-order chi connectivity index (χ1) is 16.5. The van der Waals surface area contributed by atoms with E-state index in [9.17, 15) is 27.2 Å². The summed E-state index contributed by atoms with van der Waals surface area (Å²) in [6, 6.07) is 13.5. The second kappa shape index (κ2) is 12.8. The minimum absolute atomic E-state index is 0.0577. The van der Waals surface area contributed by atoms with Crippen molar-refractivity contribution in [1.82, 2.24) is 15.1 Å². The largest absolute Gasteiger partial charge is 0.490 e. The maximum absolute atomic E-state index is 13.2. The standard InChI is InChI=1S/C22H26FN3O2.C2HF3O2/c1-17-2-6-19(7-3-17)22(28)26(16-18-4-8-20(23)9-5-18)13-10-21(27)25-14-11-24-12-15-25;3-2(4,5)1(6)7/h2-9,24H,10-16H2,1H3;(H,6,7). The van der Waals surface area contributed by atoms with E-state index in [0.29, 0.717) is 31.7 Å². The van der Waals surface area contributed by atoms with E-state index in [1.165, 1.54) is 12.1 Å². The predicted octanol–water partition coefficient (Wildman–Crippen LogP) is 3.23. The molecule has 35 heavy (non-hydrogen) atoms. The molecule has 2 aromatic carbocycles. The molecule has 2 amide bonds. The van der Waals surface area contributed by atoms with Gasteiger partial charge in [-0.15, -0.1) is 0 Å². The Labute approximate surface area is 200 Å². The molecule has 0 aliphatic carbocycles. The Hall–Kier alpha value is -3.47. The van der Waals surface area contributed by atoms with Crippen molar-refractivity contribution >= 4 is 17.8 Å². The van der Waals surface area contributed by atoms with Gasteiger partial charge in [0.2, 0.25) is 5.91 Å². The Balaban J connectivity index is 0.000000540. The highest BCUT2D eigenvalue weighted by atomic mass is 19.4. The van der Waals surface area contributed by atoms with Crippen LogP contribution in [0.3, 0.4) is 0 Å². The van der Waals surface area contributed by atoms with Crippen molar-refractivity contribution in [3.8, 4) is 0 Å². The summed E-state index contributed by atoms with van der Waals surface area (Å²) in [6.45, 7) is 5.62. The van der Waals surface area contributed by atoms with Crippen LogP contribution in [-0.2, 0) is 16.1 Å². The number of hydrogen-bond acceptors (Lipinski definition) is 4. The van der Waals surface area contributed by atoms with Crippen molar-refractivity contribution in [2.45, 2.75) is 26.1 Å². The first-order valence-corrected chi connectivity index (χ1v) is 10.9. The number of aryl methyl sites for hydroxylation is 1. The van der Waals surface area contributed by atoms with Gasteiger partial charge in [-0.05, 0) is 36.8 Å². The number of carboxylic acids is 1. The molecule has 1 aliphatic rings. The molecular formula is C24H27F4N3O4. The number of benzene rings is 2. The molecule has 7 nitrogen and oxygen atoms in total. The van der Waals surface area contributed by atoms with Crippen LogP contribution in [0, 0.1) is 12.7 Å². The molecule has 0 radical (unpaired) electrons. The van der Waals surface area contributed by atoms with Crippen LogP contribution >= 0.6 is 0 Å². The van der Waals surface area contributed by atoms with Crippen molar-refractivity contribution in [3.63, 3.8) is 0 Å². The molecule has 0 spiro atoms. The van der Waals surface area contributed by atoms with Crippen molar-refractivity contribution < 1.29 is 37.1 Å². The maximum Gasteiger partial charge on any atom is 0.490 e. The van der Waals surface area contributed by atoms with E-state index in [0.717, 1.165) is 24.2 Å². The van der Waals surface area contributed by atoms with E-state index in [4.69, 9.17) is 9.90 Å². The summed E-state index contributed by atoms with van der Waals surface area (Å²) in [6.07, 6.45) is -4.81. The SMILES string of the molecule is Cc1ccc(C(=O)N(CCC(=O)N2CCNCC2)Cc2ccc(F)cc2)cc1.O=C(O)C(F)(F)F. The Kier molecular flexibility index (Phi) is 10.2. The highest BCUT2D eigenvalue weighted by molar-refractivity contribution is 5.94. The number of nitrogens with one attached hydrogen (secondary N) is 1. The zero-order valence-electron chi connectivity index (χ0n) is 19.1. The number of amides is 2. The van der Waals surface area contributed by atoms with Crippen LogP contribution in [0.1, 0.15) is 27.9 Å². The number of piperazine rings is 1. The lowest BCUT2D eigenvalue weighted by Crippen LogP contribution is -2.47. The van der Waals surface area contributed by atoms with Crippen LogP contribution in [0.4, 0.5) is 17.6 Å². The van der Waals surface area contributed by atoms with E-state index in [2.05, 4.69) is 5.32 Å². The van der Waals surface area contributed by atoms with Gasteiger partial charge in [-0.1, -0.05) is 29.8 Å². The van der Waals surface area contributed by atoms with Gasteiger partial charge < -0.3 is 20.2 Å².